The van der Waals surface area contributed by atoms with Crippen LogP contribution in [-0.4, -0.2) is 17.9 Å². The van der Waals surface area contributed by atoms with E-state index in [0.717, 1.165) is 26.7 Å². The predicted molar refractivity (Wildman–Crippen MR) is 158 cm³/mol. The van der Waals surface area contributed by atoms with Crippen molar-refractivity contribution < 1.29 is 23.9 Å². The molecule has 0 aliphatic carbocycles. The third-order valence-corrected chi connectivity index (χ3v) is 6.27. The molecule has 0 atom stereocenters. The lowest BCUT2D eigenvalue weighted by atomic mass is 10.1. The van der Waals surface area contributed by atoms with Gasteiger partial charge in [0.25, 0.3) is 5.69 Å². The number of hydrogen-bond donors (Lipinski definition) is 1. The standard InChI is InChI=1S/C31H27BrN2O6/c1-20-12-21(2)14-28(13-20)40-29-17-25(16-26(18-29)34(36)37)33-31(35)11-5-22-4-10-30(38-3)23(15-22)19-39-27-8-6-24(32)7-9-27/h4-18H,19H2,1-3H3,(H,33,35)/b11-5+. The molecule has 1 N–H and O–H groups in total. The van der Waals surface area contributed by atoms with Crippen molar-refractivity contribution in [3.63, 3.8) is 0 Å². The van der Waals surface area contributed by atoms with Crippen LogP contribution in [0.5, 0.6) is 23.0 Å². The number of nitro groups is 1. The number of amides is 1. The van der Waals surface area contributed by atoms with Crippen LogP contribution in [0.15, 0.2) is 89.4 Å². The van der Waals surface area contributed by atoms with E-state index in [-0.39, 0.29) is 23.7 Å². The van der Waals surface area contributed by atoms with E-state index in [1.165, 1.54) is 18.2 Å². The van der Waals surface area contributed by atoms with Crippen molar-refractivity contribution in [2.45, 2.75) is 20.5 Å². The van der Waals surface area contributed by atoms with Gasteiger partial charge >= 0.3 is 0 Å². The average molecular weight is 603 g/mol. The van der Waals surface area contributed by atoms with Crippen LogP contribution in [0.1, 0.15) is 22.3 Å². The quantitative estimate of drug-likeness (QED) is 0.112. The molecule has 8 nitrogen and oxygen atoms in total. The van der Waals surface area contributed by atoms with E-state index in [9.17, 15) is 14.9 Å². The number of nitro benzene ring substituents is 1. The molecule has 0 aliphatic rings. The number of carbonyl (C=O) groups excluding carboxylic acids is 1. The van der Waals surface area contributed by atoms with Crippen LogP contribution in [0.4, 0.5) is 11.4 Å². The SMILES string of the molecule is COc1ccc(/C=C/C(=O)Nc2cc(Oc3cc(C)cc(C)c3)cc([N+](=O)[O-])c2)cc1COc1ccc(Br)cc1. The number of hydrogen-bond acceptors (Lipinski definition) is 6. The Hall–Kier alpha value is -4.63. The smallest absolute Gasteiger partial charge is 0.275 e. The van der Waals surface area contributed by atoms with Gasteiger partial charge in [0, 0.05) is 28.2 Å². The highest BCUT2D eigenvalue weighted by atomic mass is 79.9. The largest absolute Gasteiger partial charge is 0.496 e. The summed E-state index contributed by atoms with van der Waals surface area (Å²) in [4.78, 5) is 23.7. The summed E-state index contributed by atoms with van der Waals surface area (Å²) in [7, 11) is 1.58. The fourth-order valence-electron chi connectivity index (χ4n) is 4.01. The van der Waals surface area contributed by atoms with Gasteiger partial charge in [0.1, 0.15) is 29.6 Å². The second-order valence-corrected chi connectivity index (χ2v) is 9.95. The molecule has 0 saturated heterocycles. The molecule has 0 saturated carbocycles. The maximum Gasteiger partial charge on any atom is 0.275 e. The van der Waals surface area contributed by atoms with Gasteiger partial charge in [-0.15, -0.1) is 0 Å². The van der Waals surface area contributed by atoms with E-state index in [0.29, 0.717) is 17.2 Å². The fraction of sp³-hybridized carbons (Fsp3) is 0.129. The van der Waals surface area contributed by atoms with Crippen molar-refractivity contribution in [2.24, 2.45) is 0 Å². The first-order chi connectivity index (χ1) is 19.2. The van der Waals surface area contributed by atoms with Crippen molar-refractivity contribution >= 4 is 39.3 Å². The molecule has 40 heavy (non-hydrogen) atoms. The normalized spacial score (nSPS) is 10.8. The summed E-state index contributed by atoms with van der Waals surface area (Å²) >= 11 is 3.40. The summed E-state index contributed by atoms with van der Waals surface area (Å²) in [6.07, 6.45) is 2.99. The molecule has 9 heteroatoms. The molecule has 0 heterocycles. The van der Waals surface area contributed by atoms with Crippen molar-refractivity contribution in [1.29, 1.82) is 0 Å². The van der Waals surface area contributed by atoms with Gasteiger partial charge in [-0.3, -0.25) is 14.9 Å². The number of rotatable bonds is 10. The number of carbonyl (C=O) groups is 1. The lowest BCUT2D eigenvalue weighted by molar-refractivity contribution is -0.384. The molecule has 0 aliphatic heterocycles. The molecule has 4 aromatic carbocycles. The number of non-ortho nitro benzene ring substituents is 1. The Morgan fingerprint density at radius 3 is 2.30 bits per heavy atom. The molecule has 0 fully saturated rings. The van der Waals surface area contributed by atoms with Crippen LogP contribution in [0.3, 0.4) is 0 Å². The van der Waals surface area contributed by atoms with E-state index in [1.54, 1.807) is 25.3 Å². The van der Waals surface area contributed by atoms with Gasteiger partial charge in [0.05, 0.1) is 23.8 Å². The van der Waals surface area contributed by atoms with E-state index in [4.69, 9.17) is 14.2 Å². The first-order valence-electron chi connectivity index (χ1n) is 12.3. The minimum Gasteiger partial charge on any atom is -0.496 e. The van der Waals surface area contributed by atoms with Crippen LogP contribution in [0.25, 0.3) is 6.08 Å². The average Bonchev–Trinajstić information content (AvgIpc) is 2.91. The number of benzene rings is 4. The van der Waals surface area contributed by atoms with E-state index in [1.807, 2.05) is 68.4 Å². The second-order valence-electron chi connectivity index (χ2n) is 9.03. The summed E-state index contributed by atoms with van der Waals surface area (Å²) in [5.41, 5.74) is 3.60. The zero-order chi connectivity index (χ0) is 28.6. The predicted octanol–water partition coefficient (Wildman–Crippen LogP) is 8.01. The lowest BCUT2D eigenvalue weighted by Crippen LogP contribution is -2.08. The number of ether oxygens (including phenoxy) is 3. The molecular weight excluding hydrogens is 576 g/mol. The van der Waals surface area contributed by atoms with Crippen LogP contribution < -0.4 is 19.5 Å². The van der Waals surface area contributed by atoms with Gasteiger partial charge in [0.15, 0.2) is 0 Å². The Morgan fingerprint density at radius 2 is 1.62 bits per heavy atom. The van der Waals surface area contributed by atoms with E-state index in [2.05, 4.69) is 21.2 Å². The van der Waals surface area contributed by atoms with Crippen LogP contribution in [0, 0.1) is 24.0 Å². The van der Waals surface area contributed by atoms with Crippen molar-refractivity contribution in [3.8, 4) is 23.0 Å². The summed E-state index contributed by atoms with van der Waals surface area (Å²) in [5.74, 6) is 1.70. The summed E-state index contributed by atoms with van der Waals surface area (Å²) in [5, 5.41) is 14.2. The number of anilines is 1. The highest BCUT2D eigenvalue weighted by Gasteiger charge is 2.13. The maximum absolute atomic E-state index is 12.7. The summed E-state index contributed by atoms with van der Waals surface area (Å²) in [6, 6.07) is 22.8. The molecule has 0 bridgehead atoms. The van der Waals surface area contributed by atoms with Crippen LogP contribution >= 0.6 is 15.9 Å². The molecule has 0 unspecified atom stereocenters. The minimum atomic E-state index is -0.533. The van der Waals surface area contributed by atoms with Crippen LogP contribution in [-0.2, 0) is 11.4 Å². The van der Waals surface area contributed by atoms with Gasteiger partial charge in [-0.25, -0.2) is 0 Å². The van der Waals surface area contributed by atoms with Gasteiger partial charge in [-0.2, -0.15) is 0 Å². The molecule has 0 aromatic heterocycles. The molecule has 1 amide bonds. The second kappa shape index (κ2) is 12.9. The van der Waals surface area contributed by atoms with Gasteiger partial charge in [0.2, 0.25) is 5.91 Å². The first-order valence-corrected chi connectivity index (χ1v) is 13.1. The Labute approximate surface area is 240 Å². The molecular formula is C31H27BrN2O6. The molecule has 4 rings (SSSR count). The van der Waals surface area contributed by atoms with Gasteiger partial charge in [-0.05, 0) is 85.1 Å². The minimum absolute atomic E-state index is 0.202. The zero-order valence-electron chi connectivity index (χ0n) is 22.1. The third kappa shape index (κ3) is 7.94. The highest BCUT2D eigenvalue weighted by Crippen LogP contribution is 2.31. The molecule has 4 aromatic rings. The number of methoxy groups -OCH3 is 1. The summed E-state index contributed by atoms with van der Waals surface area (Å²) < 4.78 is 18.2. The Bertz CT molecular complexity index is 1550. The Morgan fingerprint density at radius 1 is 0.925 bits per heavy atom. The van der Waals surface area contributed by atoms with Crippen molar-refractivity contribution in [3.05, 3.63) is 122 Å². The fourth-order valence-corrected chi connectivity index (χ4v) is 4.27. The lowest BCUT2D eigenvalue weighted by Gasteiger charge is -2.11. The van der Waals surface area contributed by atoms with Crippen molar-refractivity contribution in [2.75, 3.05) is 12.4 Å². The number of nitrogens with zero attached hydrogens (tertiary/aromatic N) is 1. The first kappa shape index (κ1) is 28.4. The van der Waals surface area contributed by atoms with E-state index >= 15 is 0 Å². The molecule has 0 spiro atoms. The molecule has 204 valence electrons. The number of aryl methyl sites for hydroxylation is 2. The summed E-state index contributed by atoms with van der Waals surface area (Å²) in [6.45, 7) is 4.15. The van der Waals surface area contributed by atoms with Gasteiger partial charge < -0.3 is 19.5 Å². The topological polar surface area (TPSA) is 99.9 Å². The number of halogens is 1. The number of nitrogens with one attached hydrogen (secondary N) is 1. The Kier molecular flexibility index (Phi) is 9.19. The van der Waals surface area contributed by atoms with Crippen LogP contribution in [0.2, 0.25) is 0 Å². The highest BCUT2D eigenvalue weighted by molar-refractivity contribution is 9.10. The van der Waals surface area contributed by atoms with Gasteiger partial charge in [-0.1, -0.05) is 28.1 Å². The third-order valence-electron chi connectivity index (χ3n) is 5.74. The van der Waals surface area contributed by atoms with Crippen molar-refractivity contribution in [1.82, 2.24) is 0 Å². The van der Waals surface area contributed by atoms with E-state index < -0.39 is 10.8 Å². The maximum atomic E-state index is 12.7. The Balaban J connectivity index is 1.47. The zero-order valence-corrected chi connectivity index (χ0v) is 23.7. The molecule has 0 radical (unpaired) electrons. The monoisotopic (exact) mass is 602 g/mol.